The maximum atomic E-state index is 15.8. The Kier molecular flexibility index (Phi) is 7.79. The van der Waals surface area contributed by atoms with Crippen molar-refractivity contribution >= 4 is 25.6 Å². The first-order valence-corrected chi connectivity index (χ1v) is 14.1. The van der Waals surface area contributed by atoms with Gasteiger partial charge in [0.2, 0.25) is 0 Å². The van der Waals surface area contributed by atoms with Gasteiger partial charge >= 0.3 is 0 Å². The summed E-state index contributed by atoms with van der Waals surface area (Å²) in [6, 6.07) is 32.3. The molecular weight excluding hydrogens is 497 g/mol. The molecule has 0 aliphatic heterocycles. The van der Waals surface area contributed by atoms with Gasteiger partial charge < -0.3 is 0 Å². The Balaban J connectivity index is 1.79. The van der Waals surface area contributed by atoms with Crippen molar-refractivity contribution in [2.45, 2.75) is 16.2 Å². The van der Waals surface area contributed by atoms with Gasteiger partial charge in [-0.05, 0) is 35.4 Å². The van der Waals surface area contributed by atoms with Crippen molar-refractivity contribution in [1.29, 1.82) is 0 Å². The molecule has 8 heteroatoms. The summed E-state index contributed by atoms with van der Waals surface area (Å²) in [5.74, 6) is -0.621. The summed E-state index contributed by atoms with van der Waals surface area (Å²) < 4.78 is 70.2. The molecule has 0 amide bonds. The van der Waals surface area contributed by atoms with Gasteiger partial charge in [0.25, 0.3) is 20.0 Å². The van der Waals surface area contributed by atoms with Crippen LogP contribution in [0.25, 0.3) is 5.57 Å². The highest BCUT2D eigenvalue weighted by atomic mass is 32.3. The van der Waals surface area contributed by atoms with E-state index in [9.17, 15) is 16.8 Å². The van der Waals surface area contributed by atoms with Crippen LogP contribution in [0, 0.1) is 0 Å². The van der Waals surface area contributed by atoms with Crippen molar-refractivity contribution in [2.24, 2.45) is 0 Å². The number of nitrogens with zero attached hydrogens (tertiary/aromatic N) is 1. The summed E-state index contributed by atoms with van der Waals surface area (Å²) in [6.07, 6.45) is -0.447. The van der Waals surface area contributed by atoms with Crippen molar-refractivity contribution in [1.82, 2.24) is 3.71 Å². The van der Waals surface area contributed by atoms with Crippen LogP contribution in [0.5, 0.6) is 0 Å². The van der Waals surface area contributed by atoms with Crippen LogP contribution < -0.4 is 0 Å². The van der Waals surface area contributed by atoms with E-state index >= 15 is 4.39 Å². The zero-order valence-corrected chi connectivity index (χ0v) is 20.9. The van der Waals surface area contributed by atoms with Gasteiger partial charge in [0.15, 0.2) is 0 Å². The topological polar surface area (TPSA) is 71.5 Å². The third-order valence-electron chi connectivity index (χ3n) is 5.53. The van der Waals surface area contributed by atoms with E-state index in [1.165, 1.54) is 48.5 Å². The van der Waals surface area contributed by atoms with Gasteiger partial charge in [-0.25, -0.2) is 21.2 Å². The summed E-state index contributed by atoms with van der Waals surface area (Å²) in [5, 5.41) is 0. The molecule has 0 fully saturated rings. The van der Waals surface area contributed by atoms with Crippen LogP contribution in [-0.2, 0) is 20.0 Å². The highest BCUT2D eigenvalue weighted by molar-refractivity contribution is 8.04. The zero-order chi connectivity index (χ0) is 25.6. The second-order valence-corrected chi connectivity index (χ2v) is 11.9. The Morgan fingerprint density at radius 3 is 1.25 bits per heavy atom. The fraction of sp³-hybridized carbons (Fsp3) is 0.0714. The molecule has 0 spiro atoms. The van der Waals surface area contributed by atoms with Gasteiger partial charge in [0, 0.05) is 18.5 Å². The van der Waals surface area contributed by atoms with Gasteiger partial charge in [-0.1, -0.05) is 101 Å². The van der Waals surface area contributed by atoms with Crippen LogP contribution in [-0.4, -0.2) is 27.1 Å². The van der Waals surface area contributed by atoms with E-state index in [1.54, 1.807) is 60.7 Å². The molecule has 184 valence electrons. The number of benzene rings is 4. The average Bonchev–Trinajstić information content (AvgIpc) is 2.91. The minimum atomic E-state index is -4.50. The molecule has 0 aromatic heterocycles. The number of rotatable bonds is 9. The van der Waals surface area contributed by atoms with E-state index < -0.39 is 38.8 Å². The molecule has 0 aliphatic rings. The molecular formula is C28H24FNO4S2. The lowest BCUT2D eigenvalue weighted by Crippen LogP contribution is -2.37. The lowest BCUT2D eigenvalue weighted by Gasteiger charge is -2.22. The van der Waals surface area contributed by atoms with Crippen LogP contribution in [0.15, 0.2) is 137 Å². The SMILES string of the molecule is O=S(=O)(c1ccccc1)N(CCC(F)=C(c1ccccc1)c1ccccc1)S(=O)(=O)c1ccccc1. The van der Waals surface area contributed by atoms with E-state index in [2.05, 4.69) is 0 Å². The lowest BCUT2D eigenvalue weighted by atomic mass is 9.96. The first-order valence-electron chi connectivity index (χ1n) is 11.2. The Bertz CT molecular complexity index is 1430. The standard InChI is InChI=1S/C28H24FNO4S2/c29-27(28(23-13-5-1-6-14-23)24-15-7-2-8-16-24)21-22-30(35(31,32)25-17-9-3-10-18-25)36(33,34)26-19-11-4-12-20-26/h1-20H,21-22H2. The van der Waals surface area contributed by atoms with Crippen molar-refractivity contribution in [3.8, 4) is 0 Å². The molecule has 0 saturated heterocycles. The Hall–Kier alpha value is -3.59. The molecule has 5 nitrogen and oxygen atoms in total. The summed E-state index contributed by atoms with van der Waals surface area (Å²) in [7, 11) is -9.00. The monoisotopic (exact) mass is 521 g/mol. The van der Waals surface area contributed by atoms with E-state index in [1.807, 2.05) is 12.1 Å². The fourth-order valence-electron chi connectivity index (χ4n) is 3.79. The molecule has 0 atom stereocenters. The molecule has 0 N–H and O–H groups in total. The Morgan fingerprint density at radius 1 is 0.556 bits per heavy atom. The minimum Gasteiger partial charge on any atom is -0.211 e. The zero-order valence-electron chi connectivity index (χ0n) is 19.2. The van der Waals surface area contributed by atoms with Crippen molar-refractivity contribution in [2.75, 3.05) is 6.54 Å². The second kappa shape index (κ2) is 11.0. The van der Waals surface area contributed by atoms with E-state index in [-0.39, 0.29) is 15.4 Å². The Labute approximate surface area is 211 Å². The first kappa shape index (κ1) is 25.5. The molecule has 0 radical (unpaired) electrons. The molecule has 0 bridgehead atoms. The van der Waals surface area contributed by atoms with Crippen LogP contribution in [0.4, 0.5) is 4.39 Å². The quantitative estimate of drug-likeness (QED) is 0.276. The Morgan fingerprint density at radius 2 is 0.889 bits per heavy atom. The molecule has 0 unspecified atom stereocenters. The van der Waals surface area contributed by atoms with Gasteiger partial charge in [0.05, 0.1) is 9.79 Å². The summed E-state index contributed by atoms with van der Waals surface area (Å²) in [6.45, 7) is -0.608. The summed E-state index contributed by atoms with van der Waals surface area (Å²) >= 11 is 0. The minimum absolute atomic E-state index is 0.194. The predicted molar refractivity (Wildman–Crippen MR) is 139 cm³/mol. The second-order valence-electron chi connectivity index (χ2n) is 7.89. The highest BCUT2D eigenvalue weighted by Crippen LogP contribution is 2.31. The molecule has 0 aliphatic carbocycles. The van der Waals surface area contributed by atoms with Gasteiger partial charge in [-0.3, -0.25) is 0 Å². The molecule has 0 saturated carbocycles. The first-order chi connectivity index (χ1) is 17.3. The molecule has 36 heavy (non-hydrogen) atoms. The molecule has 4 aromatic carbocycles. The van der Waals surface area contributed by atoms with Gasteiger partial charge in [0.1, 0.15) is 5.83 Å². The van der Waals surface area contributed by atoms with Crippen molar-refractivity contribution in [3.63, 3.8) is 0 Å². The van der Waals surface area contributed by atoms with Gasteiger partial charge in [-0.2, -0.15) is 0 Å². The van der Waals surface area contributed by atoms with E-state index in [0.29, 0.717) is 14.8 Å². The van der Waals surface area contributed by atoms with Crippen molar-refractivity contribution < 1.29 is 21.2 Å². The van der Waals surface area contributed by atoms with Crippen LogP contribution in [0.2, 0.25) is 0 Å². The smallest absolute Gasteiger partial charge is 0.211 e. The third-order valence-corrected chi connectivity index (χ3v) is 9.88. The highest BCUT2D eigenvalue weighted by Gasteiger charge is 2.36. The maximum Gasteiger partial charge on any atom is 0.256 e. The van der Waals surface area contributed by atoms with Crippen LogP contribution >= 0.6 is 0 Å². The maximum absolute atomic E-state index is 15.8. The molecule has 4 aromatic rings. The van der Waals surface area contributed by atoms with Crippen molar-refractivity contribution in [3.05, 3.63) is 138 Å². The number of hydrogen-bond donors (Lipinski definition) is 0. The molecule has 0 heterocycles. The lowest BCUT2D eigenvalue weighted by molar-refractivity contribution is 0.482. The normalized spacial score (nSPS) is 11.8. The molecule has 4 rings (SSSR count). The summed E-state index contributed by atoms with van der Waals surface area (Å²) in [5.41, 5.74) is 1.49. The van der Waals surface area contributed by atoms with Crippen LogP contribution in [0.1, 0.15) is 17.5 Å². The van der Waals surface area contributed by atoms with Crippen LogP contribution in [0.3, 0.4) is 0 Å². The summed E-state index contributed by atoms with van der Waals surface area (Å²) in [4.78, 5) is -0.388. The predicted octanol–water partition coefficient (Wildman–Crippen LogP) is 5.89. The largest absolute Gasteiger partial charge is 0.256 e. The number of halogens is 1. The van der Waals surface area contributed by atoms with E-state index in [4.69, 9.17) is 0 Å². The third kappa shape index (κ3) is 5.46. The number of sulfonamides is 2. The fourth-order valence-corrected chi connectivity index (χ4v) is 7.48. The van der Waals surface area contributed by atoms with Gasteiger partial charge in [-0.15, -0.1) is 0 Å². The number of hydrogen-bond acceptors (Lipinski definition) is 4. The van der Waals surface area contributed by atoms with E-state index in [0.717, 1.165) is 0 Å². The average molecular weight is 522 g/mol.